The van der Waals surface area contributed by atoms with Gasteiger partial charge < -0.3 is 5.32 Å². The summed E-state index contributed by atoms with van der Waals surface area (Å²) in [5.41, 5.74) is 2.39. The first-order valence-corrected chi connectivity index (χ1v) is 9.61. The largest absolute Gasteiger partial charge is 0.348 e. The average molecular weight is 331 g/mol. The van der Waals surface area contributed by atoms with Crippen LogP contribution in [0, 0.1) is 6.92 Å². The Morgan fingerprint density at radius 1 is 1.48 bits per heavy atom. The van der Waals surface area contributed by atoms with Crippen LogP contribution in [0.5, 0.6) is 0 Å². The third-order valence-corrected chi connectivity index (χ3v) is 6.60. The van der Waals surface area contributed by atoms with E-state index in [4.69, 9.17) is 0 Å². The fraction of sp³-hybridized carbons (Fsp3) is 0.692. The van der Waals surface area contributed by atoms with Gasteiger partial charge in [-0.1, -0.05) is 6.92 Å². The standard InChI is InChI=1S/C13H21N3O3S2/c1-3-8-21(18,19)16-6-4-11(5-7-16)15-13(17)12-10(2)14-9-20-12/h9,11H,3-8H2,1-2H3,(H,15,17). The van der Waals surface area contributed by atoms with Crippen LogP contribution in [-0.2, 0) is 10.0 Å². The van der Waals surface area contributed by atoms with Crippen LogP contribution in [0.3, 0.4) is 0 Å². The molecular weight excluding hydrogens is 310 g/mol. The zero-order valence-electron chi connectivity index (χ0n) is 12.3. The van der Waals surface area contributed by atoms with E-state index in [9.17, 15) is 13.2 Å². The van der Waals surface area contributed by atoms with Crippen molar-refractivity contribution < 1.29 is 13.2 Å². The van der Waals surface area contributed by atoms with Crippen LogP contribution in [0.25, 0.3) is 0 Å². The Labute approximate surface area is 129 Å². The average Bonchev–Trinajstić information content (AvgIpc) is 2.85. The summed E-state index contributed by atoms with van der Waals surface area (Å²) in [6, 6.07) is 0.0343. The number of amides is 1. The van der Waals surface area contributed by atoms with Gasteiger partial charge in [-0.2, -0.15) is 0 Å². The number of aromatic nitrogens is 1. The van der Waals surface area contributed by atoms with Crippen molar-refractivity contribution in [3.05, 3.63) is 16.1 Å². The number of hydrogen-bond donors (Lipinski definition) is 1. The number of nitrogens with one attached hydrogen (secondary N) is 1. The van der Waals surface area contributed by atoms with E-state index in [1.807, 2.05) is 13.8 Å². The third kappa shape index (κ3) is 4.02. The molecule has 118 valence electrons. The highest BCUT2D eigenvalue weighted by atomic mass is 32.2. The third-order valence-electron chi connectivity index (χ3n) is 3.60. The second kappa shape index (κ2) is 6.85. The number of nitrogens with zero attached hydrogens (tertiary/aromatic N) is 2. The number of carbonyl (C=O) groups is 1. The minimum Gasteiger partial charge on any atom is -0.348 e. The van der Waals surface area contributed by atoms with Gasteiger partial charge in [-0.15, -0.1) is 11.3 Å². The number of thiazole rings is 1. The molecule has 1 aliphatic rings. The van der Waals surface area contributed by atoms with E-state index in [2.05, 4.69) is 10.3 Å². The molecule has 0 aromatic carbocycles. The molecule has 0 atom stereocenters. The van der Waals surface area contributed by atoms with Crippen molar-refractivity contribution in [1.29, 1.82) is 0 Å². The summed E-state index contributed by atoms with van der Waals surface area (Å²) in [7, 11) is -3.12. The van der Waals surface area contributed by atoms with Crippen LogP contribution >= 0.6 is 11.3 Å². The number of hydrogen-bond acceptors (Lipinski definition) is 5. The SMILES string of the molecule is CCCS(=O)(=O)N1CCC(NC(=O)c2scnc2C)CC1. The van der Waals surface area contributed by atoms with Crippen molar-refractivity contribution in [3.8, 4) is 0 Å². The van der Waals surface area contributed by atoms with Gasteiger partial charge in [-0.25, -0.2) is 17.7 Å². The number of aryl methyl sites for hydroxylation is 1. The van der Waals surface area contributed by atoms with Crippen molar-refractivity contribution >= 4 is 27.3 Å². The predicted molar refractivity (Wildman–Crippen MR) is 83.0 cm³/mol. The zero-order chi connectivity index (χ0) is 15.5. The Kier molecular flexibility index (Phi) is 5.34. The van der Waals surface area contributed by atoms with Crippen molar-refractivity contribution in [3.63, 3.8) is 0 Å². The molecule has 8 heteroatoms. The van der Waals surface area contributed by atoms with Gasteiger partial charge in [0.25, 0.3) is 5.91 Å². The maximum Gasteiger partial charge on any atom is 0.263 e. The molecule has 6 nitrogen and oxygen atoms in total. The first-order valence-electron chi connectivity index (χ1n) is 7.13. The van der Waals surface area contributed by atoms with E-state index < -0.39 is 10.0 Å². The van der Waals surface area contributed by atoms with Crippen LogP contribution in [0.4, 0.5) is 0 Å². The number of carbonyl (C=O) groups excluding carboxylic acids is 1. The molecule has 1 fully saturated rings. The monoisotopic (exact) mass is 331 g/mol. The second-order valence-corrected chi connectivity index (χ2v) is 8.17. The minimum atomic E-state index is -3.12. The first-order chi connectivity index (χ1) is 9.94. The molecule has 1 amide bonds. The van der Waals surface area contributed by atoms with E-state index in [1.165, 1.54) is 15.6 Å². The van der Waals surface area contributed by atoms with Crippen LogP contribution in [-0.4, -0.2) is 48.5 Å². The molecule has 1 aromatic rings. The van der Waals surface area contributed by atoms with Gasteiger partial charge in [0.2, 0.25) is 10.0 Å². The summed E-state index contributed by atoms with van der Waals surface area (Å²) in [5.74, 6) is 0.0919. The summed E-state index contributed by atoms with van der Waals surface area (Å²) in [6.07, 6.45) is 1.95. The molecular formula is C13H21N3O3S2. The Hall–Kier alpha value is -0.990. The Bertz CT molecular complexity index is 590. The lowest BCUT2D eigenvalue weighted by molar-refractivity contribution is 0.0927. The van der Waals surface area contributed by atoms with Gasteiger partial charge in [0.1, 0.15) is 4.88 Å². The molecule has 2 heterocycles. The summed E-state index contributed by atoms with van der Waals surface area (Å²) >= 11 is 1.33. The molecule has 2 rings (SSSR count). The fourth-order valence-corrected chi connectivity index (χ4v) is 4.68. The van der Waals surface area contributed by atoms with Crippen LogP contribution in [0.2, 0.25) is 0 Å². The second-order valence-electron chi connectivity index (χ2n) is 5.23. The normalized spacial score (nSPS) is 17.8. The van der Waals surface area contributed by atoms with Crippen molar-refractivity contribution in [2.75, 3.05) is 18.8 Å². The lowest BCUT2D eigenvalue weighted by Gasteiger charge is -2.31. The zero-order valence-corrected chi connectivity index (χ0v) is 14.0. The van der Waals surface area contributed by atoms with E-state index in [0.29, 0.717) is 37.2 Å². The van der Waals surface area contributed by atoms with E-state index >= 15 is 0 Å². The molecule has 1 aliphatic heterocycles. The van der Waals surface area contributed by atoms with E-state index in [0.717, 1.165) is 5.69 Å². The van der Waals surface area contributed by atoms with Gasteiger partial charge in [0.15, 0.2) is 0 Å². The van der Waals surface area contributed by atoms with Crippen LogP contribution < -0.4 is 5.32 Å². The van der Waals surface area contributed by atoms with E-state index in [1.54, 1.807) is 5.51 Å². The Morgan fingerprint density at radius 3 is 2.67 bits per heavy atom. The number of piperidine rings is 1. The number of sulfonamides is 1. The predicted octanol–water partition coefficient (Wildman–Crippen LogP) is 1.39. The molecule has 21 heavy (non-hydrogen) atoms. The molecule has 0 spiro atoms. The first kappa shape index (κ1) is 16.4. The maximum atomic E-state index is 12.1. The molecule has 0 bridgehead atoms. The van der Waals surface area contributed by atoms with Crippen LogP contribution in [0.15, 0.2) is 5.51 Å². The Morgan fingerprint density at radius 2 is 2.14 bits per heavy atom. The van der Waals surface area contributed by atoms with Gasteiger partial charge in [-0.3, -0.25) is 4.79 Å². The summed E-state index contributed by atoms with van der Waals surface area (Å²) in [4.78, 5) is 16.8. The summed E-state index contributed by atoms with van der Waals surface area (Å²) in [6.45, 7) is 4.64. The van der Waals surface area contributed by atoms with Crippen LogP contribution in [0.1, 0.15) is 41.6 Å². The van der Waals surface area contributed by atoms with Gasteiger partial charge >= 0.3 is 0 Å². The smallest absolute Gasteiger partial charge is 0.263 e. The quantitative estimate of drug-likeness (QED) is 0.884. The highest BCUT2D eigenvalue weighted by molar-refractivity contribution is 7.89. The minimum absolute atomic E-state index is 0.0343. The van der Waals surface area contributed by atoms with Crippen molar-refractivity contribution in [2.24, 2.45) is 0 Å². The molecule has 0 radical (unpaired) electrons. The van der Waals surface area contributed by atoms with Gasteiger partial charge in [-0.05, 0) is 26.2 Å². The van der Waals surface area contributed by atoms with Crippen molar-refractivity contribution in [2.45, 2.75) is 39.2 Å². The molecule has 0 aliphatic carbocycles. The topological polar surface area (TPSA) is 79.4 Å². The Balaban J connectivity index is 1.87. The fourth-order valence-electron chi connectivity index (χ4n) is 2.44. The van der Waals surface area contributed by atoms with Gasteiger partial charge in [0.05, 0.1) is 17.0 Å². The highest BCUT2D eigenvalue weighted by Gasteiger charge is 2.28. The molecule has 0 saturated carbocycles. The number of rotatable bonds is 5. The summed E-state index contributed by atoms with van der Waals surface area (Å²) < 4.78 is 25.5. The van der Waals surface area contributed by atoms with Gasteiger partial charge in [0, 0.05) is 19.1 Å². The molecule has 1 saturated heterocycles. The molecule has 1 N–H and O–H groups in total. The summed E-state index contributed by atoms with van der Waals surface area (Å²) in [5, 5.41) is 2.98. The lowest BCUT2D eigenvalue weighted by atomic mass is 10.1. The highest BCUT2D eigenvalue weighted by Crippen LogP contribution is 2.17. The molecule has 0 unspecified atom stereocenters. The lowest BCUT2D eigenvalue weighted by Crippen LogP contribution is -2.47. The van der Waals surface area contributed by atoms with E-state index in [-0.39, 0.29) is 17.7 Å². The van der Waals surface area contributed by atoms with Crippen molar-refractivity contribution in [1.82, 2.24) is 14.6 Å². The molecule has 1 aromatic heterocycles. The maximum absolute atomic E-state index is 12.1.